The summed E-state index contributed by atoms with van der Waals surface area (Å²) in [6, 6.07) is 3.49. The Kier molecular flexibility index (Phi) is 4.93. The molecule has 1 heterocycles. The lowest BCUT2D eigenvalue weighted by atomic mass is 10.1. The van der Waals surface area contributed by atoms with E-state index in [0.717, 1.165) is 31.6 Å². The highest BCUT2D eigenvalue weighted by Gasteiger charge is 2.24. The van der Waals surface area contributed by atoms with E-state index >= 15 is 0 Å². The van der Waals surface area contributed by atoms with Crippen molar-refractivity contribution in [3.05, 3.63) is 35.4 Å². The Hall–Kier alpha value is -1.49. The van der Waals surface area contributed by atoms with Crippen LogP contribution in [0, 0.1) is 17.6 Å². The van der Waals surface area contributed by atoms with Gasteiger partial charge in [-0.25, -0.2) is 8.78 Å². The van der Waals surface area contributed by atoms with Crippen LogP contribution in [0.15, 0.2) is 18.2 Å². The Balaban J connectivity index is 1.99. The van der Waals surface area contributed by atoms with Crippen molar-refractivity contribution in [3.8, 4) is 0 Å². The molecule has 2 atom stereocenters. The number of carbonyl (C=O) groups excluding carboxylic acids is 1. The van der Waals surface area contributed by atoms with Crippen molar-refractivity contribution in [1.82, 2.24) is 9.80 Å². The molecule has 0 aliphatic carbocycles. The molecule has 2 unspecified atom stereocenters. The predicted octanol–water partition coefficient (Wildman–Crippen LogP) is 2.83. The predicted molar refractivity (Wildman–Crippen MR) is 77.8 cm³/mol. The van der Waals surface area contributed by atoms with Crippen LogP contribution in [0.3, 0.4) is 0 Å². The molecule has 1 saturated heterocycles. The summed E-state index contributed by atoms with van der Waals surface area (Å²) in [6.07, 6.45) is 1.12. The SMILES string of the molecule is CC1CCN(CC(=O)N(C)C(C)c2ccc(F)c(F)c2)C1. The van der Waals surface area contributed by atoms with E-state index in [1.807, 2.05) is 6.92 Å². The van der Waals surface area contributed by atoms with Crippen LogP contribution in [0.4, 0.5) is 8.78 Å². The van der Waals surface area contributed by atoms with Gasteiger partial charge in [-0.1, -0.05) is 13.0 Å². The lowest BCUT2D eigenvalue weighted by Gasteiger charge is -2.27. The molecule has 1 aliphatic rings. The fourth-order valence-corrected chi connectivity index (χ4v) is 2.68. The number of hydrogen-bond acceptors (Lipinski definition) is 2. The Morgan fingerprint density at radius 1 is 1.43 bits per heavy atom. The summed E-state index contributed by atoms with van der Waals surface area (Å²) in [6.45, 7) is 6.27. The zero-order chi connectivity index (χ0) is 15.6. The second kappa shape index (κ2) is 6.52. The molecule has 0 N–H and O–H groups in total. The zero-order valence-electron chi connectivity index (χ0n) is 12.8. The van der Waals surface area contributed by atoms with Crippen LogP contribution in [0.25, 0.3) is 0 Å². The summed E-state index contributed by atoms with van der Waals surface area (Å²) in [5, 5.41) is 0. The van der Waals surface area contributed by atoms with Gasteiger partial charge in [0.05, 0.1) is 12.6 Å². The standard InChI is InChI=1S/C16H22F2N2O/c1-11-6-7-20(9-11)10-16(21)19(3)12(2)13-4-5-14(17)15(18)8-13/h4-5,8,11-12H,6-7,9-10H2,1-3H3. The third-order valence-corrected chi connectivity index (χ3v) is 4.27. The molecule has 3 nitrogen and oxygen atoms in total. The molecule has 0 saturated carbocycles. The van der Waals surface area contributed by atoms with Crippen molar-refractivity contribution in [2.24, 2.45) is 5.92 Å². The van der Waals surface area contributed by atoms with Gasteiger partial charge in [0.15, 0.2) is 11.6 Å². The third kappa shape index (κ3) is 3.79. The third-order valence-electron chi connectivity index (χ3n) is 4.27. The molecule has 1 amide bonds. The minimum absolute atomic E-state index is 0.00123. The van der Waals surface area contributed by atoms with Gasteiger partial charge in [-0.15, -0.1) is 0 Å². The summed E-state index contributed by atoms with van der Waals surface area (Å²) < 4.78 is 26.3. The lowest BCUT2D eigenvalue weighted by molar-refractivity contribution is -0.132. The van der Waals surface area contributed by atoms with Crippen molar-refractivity contribution in [1.29, 1.82) is 0 Å². The summed E-state index contributed by atoms with van der Waals surface area (Å²) in [7, 11) is 1.70. The number of hydrogen-bond donors (Lipinski definition) is 0. The Labute approximate surface area is 124 Å². The highest BCUT2D eigenvalue weighted by molar-refractivity contribution is 5.78. The molecule has 0 spiro atoms. The maximum atomic E-state index is 13.3. The molecule has 5 heteroatoms. The van der Waals surface area contributed by atoms with Crippen LogP contribution in [0.2, 0.25) is 0 Å². The van der Waals surface area contributed by atoms with Crippen molar-refractivity contribution in [3.63, 3.8) is 0 Å². The quantitative estimate of drug-likeness (QED) is 0.853. The van der Waals surface area contributed by atoms with Gasteiger partial charge in [0.25, 0.3) is 0 Å². The summed E-state index contributed by atoms with van der Waals surface area (Å²) >= 11 is 0. The monoisotopic (exact) mass is 296 g/mol. The number of rotatable bonds is 4. The van der Waals surface area contributed by atoms with Crippen LogP contribution in [-0.2, 0) is 4.79 Å². The van der Waals surface area contributed by atoms with Crippen LogP contribution in [0.1, 0.15) is 31.9 Å². The smallest absolute Gasteiger partial charge is 0.236 e. The van der Waals surface area contributed by atoms with Gasteiger partial charge < -0.3 is 4.90 Å². The lowest BCUT2D eigenvalue weighted by Crippen LogP contribution is -2.38. The Morgan fingerprint density at radius 3 is 2.71 bits per heavy atom. The van der Waals surface area contributed by atoms with Crippen molar-refractivity contribution in [2.75, 3.05) is 26.7 Å². The Bertz CT molecular complexity index is 521. The molecule has 1 aliphatic heterocycles. The zero-order valence-corrected chi connectivity index (χ0v) is 12.8. The van der Waals surface area contributed by atoms with Gasteiger partial charge in [-0.2, -0.15) is 0 Å². The first-order valence-corrected chi connectivity index (χ1v) is 7.31. The van der Waals surface area contributed by atoms with E-state index in [-0.39, 0.29) is 11.9 Å². The van der Waals surface area contributed by atoms with Gasteiger partial charge >= 0.3 is 0 Å². The first-order valence-electron chi connectivity index (χ1n) is 7.31. The maximum Gasteiger partial charge on any atom is 0.236 e. The average Bonchev–Trinajstić information content (AvgIpc) is 2.85. The van der Waals surface area contributed by atoms with E-state index in [1.54, 1.807) is 11.9 Å². The first kappa shape index (κ1) is 15.9. The van der Waals surface area contributed by atoms with Crippen molar-refractivity contribution < 1.29 is 13.6 Å². The summed E-state index contributed by atoms with van der Waals surface area (Å²) in [5.74, 6) is -1.12. The topological polar surface area (TPSA) is 23.6 Å². The molecule has 21 heavy (non-hydrogen) atoms. The van der Waals surface area contributed by atoms with Crippen molar-refractivity contribution in [2.45, 2.75) is 26.3 Å². The molecule has 0 aromatic heterocycles. The van der Waals surface area contributed by atoms with Gasteiger partial charge in [0.2, 0.25) is 5.91 Å². The molecule has 0 radical (unpaired) electrons. The van der Waals surface area contributed by atoms with Crippen LogP contribution >= 0.6 is 0 Å². The summed E-state index contributed by atoms with van der Waals surface area (Å²) in [4.78, 5) is 16.0. The van der Waals surface area contributed by atoms with E-state index in [4.69, 9.17) is 0 Å². The minimum atomic E-state index is -0.881. The summed E-state index contributed by atoms with van der Waals surface area (Å²) in [5.41, 5.74) is 0.597. The second-order valence-corrected chi connectivity index (χ2v) is 5.98. The van der Waals surface area contributed by atoms with Crippen LogP contribution < -0.4 is 0 Å². The highest BCUT2D eigenvalue weighted by atomic mass is 19.2. The maximum absolute atomic E-state index is 13.3. The Morgan fingerprint density at radius 2 is 2.14 bits per heavy atom. The highest BCUT2D eigenvalue weighted by Crippen LogP contribution is 2.22. The second-order valence-electron chi connectivity index (χ2n) is 5.98. The average molecular weight is 296 g/mol. The first-order chi connectivity index (χ1) is 9.88. The number of carbonyl (C=O) groups is 1. The molecule has 2 rings (SSSR count). The number of benzene rings is 1. The van der Waals surface area contributed by atoms with Crippen LogP contribution in [-0.4, -0.2) is 42.4 Å². The number of nitrogens with zero attached hydrogens (tertiary/aromatic N) is 2. The largest absolute Gasteiger partial charge is 0.338 e. The van der Waals surface area contributed by atoms with Crippen molar-refractivity contribution >= 4 is 5.91 Å². The molecular formula is C16H22F2N2O. The molecule has 1 aromatic carbocycles. The van der Waals surface area contributed by atoms with Gasteiger partial charge in [0, 0.05) is 13.6 Å². The van der Waals surface area contributed by atoms with Gasteiger partial charge in [-0.3, -0.25) is 9.69 Å². The fourth-order valence-electron chi connectivity index (χ4n) is 2.68. The van der Waals surface area contributed by atoms with E-state index in [1.165, 1.54) is 6.07 Å². The molecule has 1 aromatic rings. The van der Waals surface area contributed by atoms with Gasteiger partial charge in [-0.05, 0) is 43.5 Å². The van der Waals surface area contributed by atoms with E-state index < -0.39 is 11.6 Å². The molecule has 1 fully saturated rings. The number of amides is 1. The normalized spacial score (nSPS) is 20.5. The van der Waals surface area contributed by atoms with Crippen LogP contribution in [0.5, 0.6) is 0 Å². The minimum Gasteiger partial charge on any atom is -0.338 e. The van der Waals surface area contributed by atoms with E-state index in [0.29, 0.717) is 18.0 Å². The number of likely N-dealkylation sites (tertiary alicyclic amines) is 1. The number of likely N-dealkylation sites (N-methyl/N-ethyl adjacent to an activating group) is 1. The molecular weight excluding hydrogens is 274 g/mol. The van der Waals surface area contributed by atoms with E-state index in [2.05, 4.69) is 11.8 Å². The fraction of sp³-hybridized carbons (Fsp3) is 0.562. The number of halogens is 2. The molecule has 0 bridgehead atoms. The van der Waals surface area contributed by atoms with E-state index in [9.17, 15) is 13.6 Å². The molecule has 116 valence electrons. The van der Waals surface area contributed by atoms with Gasteiger partial charge in [0.1, 0.15) is 0 Å².